The van der Waals surface area contributed by atoms with Gasteiger partial charge in [0.05, 0.1) is 0 Å². The molecule has 0 saturated carbocycles. The predicted octanol–water partition coefficient (Wildman–Crippen LogP) is 2.63. The molecule has 0 spiro atoms. The molecule has 0 saturated heterocycles. The number of nitrogens with two attached hydrogens (primary N) is 2. The van der Waals surface area contributed by atoms with Gasteiger partial charge in [-0.25, -0.2) is 9.59 Å². The van der Waals surface area contributed by atoms with Gasteiger partial charge in [-0.1, -0.05) is 52.9 Å². The molecule has 0 aliphatic heterocycles. The van der Waals surface area contributed by atoms with Crippen molar-refractivity contribution in [3.05, 3.63) is 64.6 Å². The van der Waals surface area contributed by atoms with Gasteiger partial charge in [0.1, 0.15) is 0 Å². The Balaban J connectivity index is 2.56. The van der Waals surface area contributed by atoms with Crippen LogP contribution in [0.15, 0.2) is 53.5 Å². The van der Waals surface area contributed by atoms with Gasteiger partial charge in [0.15, 0.2) is 0 Å². The SMILES string of the molecule is C=Cc1cccc(-c2ccc(Br)c(C(OC(N)=O)C(O)(O)OC(N)=O)c2)c1. The molecule has 8 nitrogen and oxygen atoms in total. The van der Waals surface area contributed by atoms with Crippen molar-refractivity contribution in [3.63, 3.8) is 0 Å². The molecular formula is C18H17BrN2O6. The lowest BCUT2D eigenvalue weighted by molar-refractivity contribution is -0.350. The summed E-state index contributed by atoms with van der Waals surface area (Å²) < 4.78 is 9.40. The highest BCUT2D eigenvalue weighted by molar-refractivity contribution is 9.10. The minimum Gasteiger partial charge on any atom is -0.431 e. The van der Waals surface area contributed by atoms with E-state index in [4.69, 9.17) is 16.2 Å². The fourth-order valence-electron chi connectivity index (χ4n) is 2.43. The van der Waals surface area contributed by atoms with Crippen molar-refractivity contribution < 1.29 is 29.3 Å². The molecule has 9 heteroatoms. The van der Waals surface area contributed by atoms with Crippen LogP contribution in [0.2, 0.25) is 0 Å². The van der Waals surface area contributed by atoms with Crippen LogP contribution in [0, 0.1) is 0 Å². The first-order valence-electron chi connectivity index (χ1n) is 7.55. The lowest BCUT2D eigenvalue weighted by Gasteiger charge is -2.29. The number of carbonyl (C=O) groups excluding carboxylic acids is 2. The Morgan fingerprint density at radius 1 is 1.11 bits per heavy atom. The van der Waals surface area contributed by atoms with Crippen LogP contribution in [0.25, 0.3) is 17.2 Å². The molecule has 2 aromatic rings. The van der Waals surface area contributed by atoms with E-state index in [0.717, 1.165) is 11.1 Å². The van der Waals surface area contributed by atoms with Crippen molar-refractivity contribution >= 4 is 34.2 Å². The van der Waals surface area contributed by atoms with Gasteiger partial charge in [-0.05, 0) is 34.9 Å². The zero-order valence-electron chi connectivity index (χ0n) is 14.0. The number of hydrogen-bond donors (Lipinski definition) is 4. The molecule has 0 heterocycles. The number of carbonyl (C=O) groups is 2. The summed E-state index contributed by atoms with van der Waals surface area (Å²) in [6.07, 6.45) is -2.98. The molecule has 6 N–H and O–H groups in total. The van der Waals surface area contributed by atoms with Crippen LogP contribution in [0.1, 0.15) is 17.2 Å². The highest BCUT2D eigenvalue weighted by atomic mass is 79.9. The third kappa shape index (κ3) is 5.07. The van der Waals surface area contributed by atoms with Crippen LogP contribution in [-0.2, 0) is 9.47 Å². The van der Waals surface area contributed by atoms with E-state index in [1.54, 1.807) is 18.2 Å². The average molecular weight is 437 g/mol. The second-order valence-corrected chi connectivity index (χ2v) is 6.32. The number of benzene rings is 2. The van der Waals surface area contributed by atoms with Crippen LogP contribution in [0.3, 0.4) is 0 Å². The molecule has 0 bridgehead atoms. The van der Waals surface area contributed by atoms with Crippen molar-refractivity contribution in [2.75, 3.05) is 0 Å². The zero-order chi connectivity index (χ0) is 20.2. The van der Waals surface area contributed by atoms with Gasteiger partial charge < -0.3 is 31.2 Å². The highest BCUT2D eigenvalue weighted by Crippen LogP contribution is 2.36. The van der Waals surface area contributed by atoms with Gasteiger partial charge in [0.25, 0.3) is 0 Å². The Kier molecular flexibility index (Phi) is 6.21. The number of aliphatic hydroxyl groups is 2. The third-order valence-corrected chi connectivity index (χ3v) is 4.28. The Hall–Kier alpha value is -2.88. The minimum absolute atomic E-state index is 0.0848. The molecule has 2 rings (SSSR count). The molecule has 1 atom stereocenters. The molecule has 27 heavy (non-hydrogen) atoms. The molecule has 2 aromatic carbocycles. The summed E-state index contributed by atoms with van der Waals surface area (Å²) in [6.45, 7) is 3.71. The van der Waals surface area contributed by atoms with E-state index in [1.807, 2.05) is 24.3 Å². The van der Waals surface area contributed by atoms with E-state index in [9.17, 15) is 19.8 Å². The maximum Gasteiger partial charge on any atom is 0.408 e. The standard InChI is InChI=1S/C18H17BrN2O6/c1-2-10-4-3-5-11(8-10)12-6-7-14(19)13(9-12)15(26-16(20)22)18(24,25)27-17(21)23/h2-9,15,24-25H,1H2,(H2,20,22)(H2,21,23). The molecule has 1 unspecified atom stereocenters. The second kappa shape index (κ2) is 8.21. The van der Waals surface area contributed by atoms with Crippen molar-refractivity contribution in [2.24, 2.45) is 11.5 Å². The second-order valence-electron chi connectivity index (χ2n) is 5.46. The van der Waals surface area contributed by atoms with E-state index in [2.05, 4.69) is 27.2 Å². The fraction of sp³-hybridized carbons (Fsp3) is 0.111. The van der Waals surface area contributed by atoms with Gasteiger partial charge in [0.2, 0.25) is 6.10 Å². The summed E-state index contributed by atoms with van der Waals surface area (Å²) in [6, 6.07) is 12.2. The predicted molar refractivity (Wildman–Crippen MR) is 101 cm³/mol. The molecule has 0 radical (unpaired) electrons. The average Bonchev–Trinajstić information content (AvgIpc) is 2.59. The molecule has 2 amide bonds. The number of ether oxygens (including phenoxy) is 2. The van der Waals surface area contributed by atoms with E-state index >= 15 is 0 Å². The first-order valence-corrected chi connectivity index (χ1v) is 8.35. The number of halogens is 1. The molecule has 0 fully saturated rings. The maximum absolute atomic E-state index is 11.2. The normalized spacial score (nSPS) is 12.1. The van der Waals surface area contributed by atoms with Gasteiger partial charge in [-0.2, -0.15) is 0 Å². The highest BCUT2D eigenvalue weighted by Gasteiger charge is 2.44. The Bertz CT molecular complexity index is 884. The first kappa shape index (κ1) is 20.4. The van der Waals surface area contributed by atoms with Crippen LogP contribution >= 0.6 is 15.9 Å². The van der Waals surface area contributed by atoms with E-state index in [1.165, 1.54) is 6.07 Å². The van der Waals surface area contributed by atoms with E-state index in [0.29, 0.717) is 10.0 Å². The topological polar surface area (TPSA) is 145 Å². The van der Waals surface area contributed by atoms with Crippen molar-refractivity contribution in [2.45, 2.75) is 12.1 Å². The third-order valence-electron chi connectivity index (χ3n) is 3.56. The maximum atomic E-state index is 11.2. The lowest BCUT2D eigenvalue weighted by atomic mass is 9.98. The van der Waals surface area contributed by atoms with Crippen molar-refractivity contribution in [3.8, 4) is 11.1 Å². The summed E-state index contributed by atoms with van der Waals surface area (Å²) in [5.41, 5.74) is 12.3. The van der Waals surface area contributed by atoms with Gasteiger partial charge in [-0.3, -0.25) is 0 Å². The molecular weight excluding hydrogens is 420 g/mol. The molecule has 142 valence electrons. The Labute approximate surface area is 163 Å². The van der Waals surface area contributed by atoms with Gasteiger partial charge in [-0.15, -0.1) is 0 Å². The Morgan fingerprint density at radius 2 is 1.78 bits per heavy atom. The smallest absolute Gasteiger partial charge is 0.408 e. The molecule has 0 aromatic heterocycles. The first-order chi connectivity index (χ1) is 12.6. The van der Waals surface area contributed by atoms with Crippen LogP contribution in [-0.4, -0.2) is 28.4 Å². The fourth-order valence-corrected chi connectivity index (χ4v) is 2.88. The van der Waals surface area contributed by atoms with E-state index in [-0.39, 0.29) is 5.56 Å². The number of hydrogen-bond acceptors (Lipinski definition) is 6. The summed E-state index contributed by atoms with van der Waals surface area (Å²) in [4.78, 5) is 22.2. The molecule has 0 aliphatic rings. The van der Waals surface area contributed by atoms with Gasteiger partial charge in [0, 0.05) is 10.0 Å². The summed E-state index contributed by atoms with van der Waals surface area (Å²) in [5, 5.41) is 20.2. The molecule has 0 aliphatic carbocycles. The van der Waals surface area contributed by atoms with Gasteiger partial charge >= 0.3 is 18.2 Å². The summed E-state index contributed by atoms with van der Waals surface area (Å²) in [5.74, 6) is -3.25. The summed E-state index contributed by atoms with van der Waals surface area (Å²) >= 11 is 3.24. The monoisotopic (exact) mass is 436 g/mol. The van der Waals surface area contributed by atoms with Crippen LogP contribution in [0.5, 0.6) is 0 Å². The zero-order valence-corrected chi connectivity index (χ0v) is 15.5. The van der Waals surface area contributed by atoms with Crippen molar-refractivity contribution in [1.29, 1.82) is 0 Å². The number of rotatable bonds is 6. The quantitative estimate of drug-likeness (QED) is 0.512. The Morgan fingerprint density at radius 3 is 2.37 bits per heavy atom. The number of primary amides is 2. The van der Waals surface area contributed by atoms with E-state index < -0.39 is 24.3 Å². The van der Waals surface area contributed by atoms with Crippen LogP contribution in [0.4, 0.5) is 9.59 Å². The minimum atomic E-state index is -3.25. The lowest BCUT2D eigenvalue weighted by Crippen LogP contribution is -2.45. The van der Waals surface area contributed by atoms with Crippen molar-refractivity contribution in [1.82, 2.24) is 0 Å². The van der Waals surface area contributed by atoms with Crippen LogP contribution < -0.4 is 11.5 Å². The summed E-state index contributed by atoms with van der Waals surface area (Å²) in [7, 11) is 0. The largest absolute Gasteiger partial charge is 0.431 e. The number of amides is 2.